The van der Waals surface area contributed by atoms with E-state index in [0.29, 0.717) is 18.1 Å². The van der Waals surface area contributed by atoms with Gasteiger partial charge in [-0.1, -0.05) is 53.9 Å². The van der Waals surface area contributed by atoms with Gasteiger partial charge in [-0.25, -0.2) is 0 Å². The molecule has 0 unspecified atom stereocenters. The highest BCUT2D eigenvalue weighted by atomic mass is 32.2. The van der Waals surface area contributed by atoms with Gasteiger partial charge in [-0.3, -0.25) is 25.2 Å². The Morgan fingerprint density at radius 1 is 0.889 bits per heavy atom. The van der Waals surface area contributed by atoms with Gasteiger partial charge >= 0.3 is 0 Å². The van der Waals surface area contributed by atoms with E-state index in [1.165, 1.54) is 24.3 Å². The highest BCUT2D eigenvalue weighted by Gasteiger charge is 2.08. The van der Waals surface area contributed by atoms with Crippen LogP contribution in [-0.2, 0) is 11.5 Å². The van der Waals surface area contributed by atoms with Gasteiger partial charge in [0, 0.05) is 35.8 Å². The number of hydrogen-bond acceptors (Lipinski definition) is 7. The Labute approximate surface area is 164 Å². The van der Waals surface area contributed by atoms with E-state index < -0.39 is 9.85 Å². The van der Waals surface area contributed by atoms with Gasteiger partial charge < -0.3 is 0 Å². The van der Waals surface area contributed by atoms with Crippen molar-refractivity contribution >= 4 is 39.3 Å². The van der Waals surface area contributed by atoms with Crippen molar-refractivity contribution in [3.63, 3.8) is 0 Å². The lowest BCUT2D eigenvalue weighted by molar-refractivity contribution is -0.385. The second-order valence-electron chi connectivity index (χ2n) is 5.32. The summed E-state index contributed by atoms with van der Waals surface area (Å²) < 4.78 is 0.867. The number of hydrogen-bond donors (Lipinski definition) is 0. The Hall–Kier alpha value is -2.65. The first-order chi connectivity index (χ1) is 13.0. The maximum absolute atomic E-state index is 10.7. The highest BCUT2D eigenvalue weighted by molar-refractivity contribution is 8.38. The maximum Gasteiger partial charge on any atom is 0.269 e. The number of nitro groups is 2. The van der Waals surface area contributed by atoms with Crippen LogP contribution in [0.5, 0.6) is 0 Å². The molecule has 27 heavy (non-hydrogen) atoms. The van der Waals surface area contributed by atoms with E-state index in [4.69, 9.17) is 0 Å². The van der Waals surface area contributed by atoms with Crippen molar-refractivity contribution in [3.8, 4) is 0 Å². The number of thioether (sulfide) groups is 2. The smallest absolute Gasteiger partial charge is 0.268 e. The van der Waals surface area contributed by atoms with Crippen LogP contribution in [0.15, 0.2) is 66.2 Å². The molecule has 0 atom stereocenters. The molecule has 140 valence electrons. The summed E-state index contributed by atoms with van der Waals surface area (Å²) in [6.45, 7) is 4.16. The van der Waals surface area contributed by atoms with Gasteiger partial charge in [0.15, 0.2) is 0 Å². The van der Waals surface area contributed by atoms with Crippen LogP contribution in [0, 0.1) is 20.2 Å². The molecule has 0 radical (unpaired) electrons. The predicted octanol–water partition coefficient (Wildman–Crippen LogP) is 5.21. The zero-order valence-electron chi connectivity index (χ0n) is 14.3. The normalized spacial score (nSPS) is 10.2. The van der Waals surface area contributed by atoms with Crippen LogP contribution in [0.4, 0.5) is 11.4 Å². The topological polar surface area (TPSA) is 98.6 Å². The van der Waals surface area contributed by atoms with Crippen LogP contribution in [-0.4, -0.2) is 20.8 Å². The standard InChI is InChI=1S/C18H17N3O4S2/c1-2-11-19-18(26-12-14-3-7-16(8-4-14)20(22)23)27-13-15-5-9-17(10-6-15)21(24)25/h2-10H,1,11-13H2. The van der Waals surface area contributed by atoms with Crippen molar-refractivity contribution in [2.75, 3.05) is 6.54 Å². The summed E-state index contributed by atoms with van der Waals surface area (Å²) in [6.07, 6.45) is 1.71. The van der Waals surface area contributed by atoms with Gasteiger partial charge in [0.1, 0.15) is 4.38 Å². The number of benzene rings is 2. The number of aliphatic imine (C=N–C) groups is 1. The first-order valence-electron chi connectivity index (χ1n) is 7.87. The molecule has 0 heterocycles. The molecule has 2 rings (SSSR count). The average molecular weight is 403 g/mol. The second kappa shape index (κ2) is 10.5. The summed E-state index contributed by atoms with van der Waals surface area (Å²) in [4.78, 5) is 25.0. The zero-order valence-corrected chi connectivity index (χ0v) is 15.9. The van der Waals surface area contributed by atoms with E-state index in [1.54, 1.807) is 53.9 Å². The quantitative estimate of drug-likeness (QED) is 0.197. The number of nitrogens with zero attached hydrogens (tertiary/aromatic N) is 3. The largest absolute Gasteiger partial charge is 0.269 e. The Kier molecular flexibility index (Phi) is 8.02. The van der Waals surface area contributed by atoms with Crippen LogP contribution >= 0.6 is 23.5 Å². The fourth-order valence-electron chi connectivity index (χ4n) is 1.99. The minimum atomic E-state index is -0.423. The fraction of sp³-hybridized carbons (Fsp3) is 0.167. The molecule has 0 aliphatic carbocycles. The van der Waals surface area contributed by atoms with Crippen LogP contribution in [0.25, 0.3) is 0 Å². The SMILES string of the molecule is C=CCN=C(SCc1ccc([N+](=O)[O-])cc1)SCc1ccc([N+](=O)[O-])cc1. The van der Waals surface area contributed by atoms with Crippen molar-refractivity contribution in [2.24, 2.45) is 4.99 Å². The molecule has 0 bridgehead atoms. The van der Waals surface area contributed by atoms with Crippen molar-refractivity contribution in [3.05, 3.63) is 92.5 Å². The summed E-state index contributed by atoms with van der Waals surface area (Å²) >= 11 is 3.09. The Bertz CT molecular complexity index is 773. The second-order valence-corrected chi connectivity index (χ2v) is 7.51. The van der Waals surface area contributed by atoms with Crippen molar-refractivity contribution in [1.82, 2.24) is 0 Å². The third kappa shape index (κ3) is 6.87. The molecule has 0 aliphatic rings. The van der Waals surface area contributed by atoms with E-state index in [1.807, 2.05) is 0 Å². The lowest BCUT2D eigenvalue weighted by atomic mass is 10.2. The summed E-state index contributed by atoms with van der Waals surface area (Å²) in [7, 11) is 0. The van der Waals surface area contributed by atoms with Crippen LogP contribution in [0.2, 0.25) is 0 Å². The van der Waals surface area contributed by atoms with Gasteiger partial charge in [-0.05, 0) is 11.1 Å². The third-order valence-electron chi connectivity index (χ3n) is 3.37. The Morgan fingerprint density at radius 2 is 1.30 bits per heavy atom. The molecule has 2 aromatic rings. The molecule has 0 N–H and O–H groups in total. The third-order valence-corrected chi connectivity index (χ3v) is 5.78. The van der Waals surface area contributed by atoms with Crippen molar-refractivity contribution in [2.45, 2.75) is 11.5 Å². The van der Waals surface area contributed by atoms with Gasteiger partial charge in [0.25, 0.3) is 11.4 Å². The van der Waals surface area contributed by atoms with E-state index in [-0.39, 0.29) is 11.4 Å². The lowest BCUT2D eigenvalue weighted by Gasteiger charge is -2.06. The van der Waals surface area contributed by atoms with E-state index >= 15 is 0 Å². The average Bonchev–Trinajstić information content (AvgIpc) is 2.68. The minimum absolute atomic E-state index is 0.0665. The lowest BCUT2D eigenvalue weighted by Crippen LogP contribution is -1.93. The predicted molar refractivity (Wildman–Crippen MR) is 111 cm³/mol. The van der Waals surface area contributed by atoms with Gasteiger partial charge in [-0.15, -0.1) is 6.58 Å². The summed E-state index contributed by atoms with van der Waals surface area (Å²) in [5, 5.41) is 21.4. The molecule has 0 spiro atoms. The van der Waals surface area contributed by atoms with Gasteiger partial charge in [-0.2, -0.15) is 0 Å². The Morgan fingerprint density at radius 3 is 1.63 bits per heavy atom. The monoisotopic (exact) mass is 403 g/mol. The number of rotatable bonds is 8. The number of nitro benzene ring substituents is 2. The summed E-state index contributed by atoms with van der Waals surface area (Å²) in [5.41, 5.74) is 2.06. The summed E-state index contributed by atoms with van der Waals surface area (Å²) in [5.74, 6) is 1.28. The molecule has 9 heteroatoms. The molecule has 0 aromatic heterocycles. The highest BCUT2D eigenvalue weighted by Crippen LogP contribution is 2.26. The first-order valence-corrected chi connectivity index (χ1v) is 9.84. The van der Waals surface area contributed by atoms with Gasteiger partial charge in [0.2, 0.25) is 0 Å². The Balaban J connectivity index is 1.95. The molecule has 0 aliphatic heterocycles. The van der Waals surface area contributed by atoms with Crippen molar-refractivity contribution in [1.29, 1.82) is 0 Å². The molecule has 2 aromatic carbocycles. The fourth-order valence-corrected chi connectivity index (χ4v) is 3.97. The molecule has 0 saturated carbocycles. The van der Waals surface area contributed by atoms with E-state index in [0.717, 1.165) is 15.5 Å². The molecular weight excluding hydrogens is 386 g/mol. The molecule has 7 nitrogen and oxygen atoms in total. The first kappa shape index (κ1) is 20.7. The van der Waals surface area contributed by atoms with E-state index in [2.05, 4.69) is 11.6 Å². The number of non-ortho nitro benzene ring substituents is 2. The molecule has 0 fully saturated rings. The van der Waals surface area contributed by atoms with Crippen LogP contribution < -0.4 is 0 Å². The molecular formula is C18H17N3O4S2. The minimum Gasteiger partial charge on any atom is -0.268 e. The maximum atomic E-state index is 10.7. The summed E-state index contributed by atoms with van der Waals surface area (Å²) in [6, 6.07) is 12.9. The van der Waals surface area contributed by atoms with Crippen LogP contribution in [0.3, 0.4) is 0 Å². The van der Waals surface area contributed by atoms with Gasteiger partial charge in [0.05, 0.1) is 16.4 Å². The molecule has 0 amide bonds. The van der Waals surface area contributed by atoms with Crippen molar-refractivity contribution < 1.29 is 9.85 Å². The van der Waals surface area contributed by atoms with E-state index in [9.17, 15) is 20.2 Å². The molecule has 0 saturated heterocycles. The van der Waals surface area contributed by atoms with Crippen LogP contribution in [0.1, 0.15) is 11.1 Å². The zero-order chi connectivity index (χ0) is 19.6.